The minimum atomic E-state index is -0.486. The molecule has 26 heavy (non-hydrogen) atoms. The lowest BCUT2D eigenvalue weighted by Gasteiger charge is -2.32. The zero-order chi connectivity index (χ0) is 18.5. The van der Waals surface area contributed by atoms with Crippen molar-refractivity contribution in [3.8, 4) is 5.75 Å². The fourth-order valence-electron chi connectivity index (χ4n) is 3.42. The normalized spacial score (nSPS) is 18.0. The number of nitrogens with two attached hydrogens (primary N) is 1. The number of hydrogen-bond donors (Lipinski definition) is 2. The average Bonchev–Trinajstić information content (AvgIpc) is 3.01. The highest BCUT2D eigenvalue weighted by Gasteiger charge is 2.25. The van der Waals surface area contributed by atoms with E-state index < -0.39 is 5.91 Å². The van der Waals surface area contributed by atoms with Crippen molar-refractivity contribution in [2.45, 2.75) is 31.9 Å². The van der Waals surface area contributed by atoms with E-state index in [1.807, 2.05) is 35.9 Å². The lowest BCUT2D eigenvalue weighted by molar-refractivity contribution is -0.119. The van der Waals surface area contributed by atoms with Crippen molar-refractivity contribution in [2.24, 2.45) is 12.8 Å². The Hall–Kier alpha value is -2.45. The molecule has 0 radical (unpaired) electrons. The molecule has 2 heterocycles. The molecule has 2 aromatic rings. The molecule has 8 nitrogen and oxygen atoms in total. The Bertz CT molecular complexity index is 761. The third-order valence-electron chi connectivity index (χ3n) is 4.70. The second kappa shape index (κ2) is 8.29. The van der Waals surface area contributed by atoms with Gasteiger partial charge in [0.25, 0.3) is 5.91 Å². The number of aliphatic hydroxyl groups is 1. The molecule has 1 atom stereocenters. The summed E-state index contributed by atoms with van der Waals surface area (Å²) in [5.74, 6) is 1.99. The summed E-state index contributed by atoms with van der Waals surface area (Å²) in [5, 5.41) is 17.6. The molecule has 0 spiro atoms. The van der Waals surface area contributed by atoms with E-state index in [4.69, 9.17) is 10.5 Å². The van der Waals surface area contributed by atoms with Gasteiger partial charge in [-0.15, -0.1) is 10.2 Å². The molecular formula is C18H25N5O3. The van der Waals surface area contributed by atoms with E-state index in [0.717, 1.165) is 43.9 Å². The number of nitrogens with zero attached hydrogens (tertiary/aromatic N) is 4. The molecule has 0 bridgehead atoms. The van der Waals surface area contributed by atoms with Crippen LogP contribution in [-0.2, 0) is 25.0 Å². The van der Waals surface area contributed by atoms with Gasteiger partial charge in [-0.3, -0.25) is 9.69 Å². The van der Waals surface area contributed by atoms with Crippen molar-refractivity contribution in [1.82, 2.24) is 19.7 Å². The van der Waals surface area contributed by atoms with Crippen LogP contribution in [0.4, 0.5) is 0 Å². The molecule has 0 unspecified atom stereocenters. The van der Waals surface area contributed by atoms with Gasteiger partial charge in [0.2, 0.25) is 0 Å². The van der Waals surface area contributed by atoms with E-state index >= 15 is 0 Å². The average molecular weight is 359 g/mol. The molecule has 3 rings (SSSR count). The summed E-state index contributed by atoms with van der Waals surface area (Å²) < 4.78 is 7.28. The number of likely N-dealkylation sites (tertiary alicyclic amines) is 1. The lowest BCUT2D eigenvalue weighted by Crippen LogP contribution is -2.34. The van der Waals surface area contributed by atoms with E-state index in [0.29, 0.717) is 17.5 Å². The van der Waals surface area contributed by atoms with Gasteiger partial charge in [0, 0.05) is 26.1 Å². The molecule has 1 aliphatic rings. The van der Waals surface area contributed by atoms with Gasteiger partial charge in [-0.05, 0) is 37.1 Å². The van der Waals surface area contributed by atoms with Gasteiger partial charge in [0.1, 0.15) is 18.2 Å². The minimum Gasteiger partial charge on any atom is -0.484 e. The highest BCUT2D eigenvalue weighted by atomic mass is 16.5. The Morgan fingerprint density at radius 3 is 3.00 bits per heavy atom. The Kier molecular flexibility index (Phi) is 5.85. The number of rotatable bonds is 7. The smallest absolute Gasteiger partial charge is 0.255 e. The summed E-state index contributed by atoms with van der Waals surface area (Å²) in [5.41, 5.74) is 6.25. The summed E-state index contributed by atoms with van der Waals surface area (Å²) in [6, 6.07) is 7.73. The number of primary amides is 1. The van der Waals surface area contributed by atoms with Crippen LogP contribution in [0.2, 0.25) is 0 Å². The van der Waals surface area contributed by atoms with Crippen molar-refractivity contribution in [1.29, 1.82) is 0 Å². The van der Waals surface area contributed by atoms with Crippen molar-refractivity contribution in [3.63, 3.8) is 0 Å². The van der Waals surface area contributed by atoms with Crippen LogP contribution in [0.3, 0.4) is 0 Å². The molecule has 1 amide bonds. The first kappa shape index (κ1) is 18.3. The van der Waals surface area contributed by atoms with Gasteiger partial charge in [-0.2, -0.15) is 0 Å². The maximum absolute atomic E-state index is 10.9. The first-order valence-corrected chi connectivity index (χ1v) is 8.78. The molecule has 1 saturated heterocycles. The second-order valence-electron chi connectivity index (χ2n) is 6.67. The zero-order valence-corrected chi connectivity index (χ0v) is 15.0. The van der Waals surface area contributed by atoms with Gasteiger partial charge in [-0.1, -0.05) is 12.1 Å². The molecule has 0 aliphatic carbocycles. The number of piperidine rings is 1. The van der Waals surface area contributed by atoms with Gasteiger partial charge in [0.05, 0.1) is 0 Å². The first-order valence-electron chi connectivity index (χ1n) is 8.78. The van der Waals surface area contributed by atoms with Crippen LogP contribution >= 0.6 is 0 Å². The van der Waals surface area contributed by atoms with Crippen molar-refractivity contribution >= 4 is 5.91 Å². The number of aliphatic hydroxyl groups excluding tert-OH is 1. The van der Waals surface area contributed by atoms with Crippen LogP contribution < -0.4 is 10.5 Å². The lowest BCUT2D eigenvalue weighted by atomic mass is 9.96. The van der Waals surface area contributed by atoms with Crippen molar-refractivity contribution < 1.29 is 14.6 Å². The van der Waals surface area contributed by atoms with E-state index in [1.54, 1.807) is 0 Å². The number of benzene rings is 1. The fourth-order valence-corrected chi connectivity index (χ4v) is 3.42. The van der Waals surface area contributed by atoms with Gasteiger partial charge < -0.3 is 20.1 Å². The SMILES string of the molecule is Cn1c(CO)nnc1[C@H]1CCCN(Cc2cccc(OCC(N)=O)c2)C1. The van der Waals surface area contributed by atoms with Crippen LogP contribution in [0.15, 0.2) is 24.3 Å². The first-order chi connectivity index (χ1) is 12.6. The topological polar surface area (TPSA) is 106 Å². The molecule has 1 fully saturated rings. The summed E-state index contributed by atoms with van der Waals surface area (Å²) >= 11 is 0. The standard InChI is InChI=1S/C18H25N5O3/c1-22-17(11-24)20-21-18(22)14-5-3-7-23(10-14)9-13-4-2-6-15(8-13)26-12-16(19)25/h2,4,6,8,14,24H,3,5,7,9-12H2,1H3,(H2,19,25)/t14-/m0/s1. The van der Waals surface area contributed by atoms with Crippen LogP contribution in [0.25, 0.3) is 0 Å². The molecule has 1 aromatic carbocycles. The number of carbonyl (C=O) groups excluding carboxylic acids is 1. The zero-order valence-electron chi connectivity index (χ0n) is 15.0. The number of carbonyl (C=O) groups is 1. The predicted molar refractivity (Wildman–Crippen MR) is 95.3 cm³/mol. The number of ether oxygens (including phenoxy) is 1. The summed E-state index contributed by atoms with van der Waals surface area (Å²) in [7, 11) is 1.90. The molecule has 1 aliphatic heterocycles. The van der Waals surface area contributed by atoms with E-state index in [9.17, 15) is 9.90 Å². The molecule has 3 N–H and O–H groups in total. The Balaban J connectivity index is 1.64. The minimum absolute atomic E-state index is 0.0992. The molecule has 1 aromatic heterocycles. The summed E-state index contributed by atoms with van der Waals surface area (Å²) in [6.45, 7) is 2.50. The largest absolute Gasteiger partial charge is 0.484 e. The van der Waals surface area contributed by atoms with Crippen LogP contribution in [-0.4, -0.2) is 50.4 Å². The third kappa shape index (κ3) is 4.39. The molecule has 0 saturated carbocycles. The maximum atomic E-state index is 10.9. The maximum Gasteiger partial charge on any atom is 0.255 e. The Labute approximate surface area is 152 Å². The highest BCUT2D eigenvalue weighted by molar-refractivity contribution is 5.75. The van der Waals surface area contributed by atoms with Crippen LogP contribution in [0.1, 0.15) is 36.0 Å². The monoisotopic (exact) mass is 359 g/mol. The highest BCUT2D eigenvalue weighted by Crippen LogP contribution is 2.27. The van der Waals surface area contributed by atoms with E-state index in [1.165, 1.54) is 0 Å². The number of aromatic nitrogens is 3. The van der Waals surface area contributed by atoms with Gasteiger partial charge in [0.15, 0.2) is 12.4 Å². The Morgan fingerprint density at radius 2 is 2.27 bits per heavy atom. The van der Waals surface area contributed by atoms with E-state index in [-0.39, 0.29) is 13.2 Å². The number of amides is 1. The van der Waals surface area contributed by atoms with Gasteiger partial charge in [-0.25, -0.2) is 0 Å². The second-order valence-corrected chi connectivity index (χ2v) is 6.67. The van der Waals surface area contributed by atoms with Crippen molar-refractivity contribution in [2.75, 3.05) is 19.7 Å². The predicted octanol–water partition coefficient (Wildman–Crippen LogP) is 0.551. The summed E-state index contributed by atoms with van der Waals surface area (Å²) in [6.07, 6.45) is 2.15. The molecular weight excluding hydrogens is 334 g/mol. The molecule has 140 valence electrons. The quantitative estimate of drug-likeness (QED) is 0.748. The Morgan fingerprint density at radius 1 is 1.42 bits per heavy atom. The third-order valence-corrected chi connectivity index (χ3v) is 4.70. The van der Waals surface area contributed by atoms with Gasteiger partial charge >= 0.3 is 0 Å². The van der Waals surface area contributed by atoms with E-state index in [2.05, 4.69) is 15.1 Å². The van der Waals surface area contributed by atoms with Crippen LogP contribution in [0, 0.1) is 0 Å². The molecule has 8 heteroatoms. The summed E-state index contributed by atoms with van der Waals surface area (Å²) in [4.78, 5) is 13.2. The fraction of sp³-hybridized carbons (Fsp3) is 0.500. The van der Waals surface area contributed by atoms with Crippen LogP contribution in [0.5, 0.6) is 5.75 Å². The number of hydrogen-bond acceptors (Lipinski definition) is 6. The van der Waals surface area contributed by atoms with Crippen molar-refractivity contribution in [3.05, 3.63) is 41.5 Å².